The first-order valence-electron chi connectivity index (χ1n) is 6.95. The Labute approximate surface area is 136 Å². The number of carbonyl (C=O) groups is 2. The molecule has 6 nitrogen and oxygen atoms in total. The number of benzene rings is 3. The van der Waals surface area contributed by atoms with Crippen molar-refractivity contribution in [3.63, 3.8) is 0 Å². The molecule has 3 rings (SSSR count). The summed E-state index contributed by atoms with van der Waals surface area (Å²) in [5.41, 5.74) is -0.0141. The molecule has 0 saturated heterocycles. The van der Waals surface area contributed by atoms with Crippen molar-refractivity contribution in [2.24, 2.45) is 0 Å². The predicted molar refractivity (Wildman–Crippen MR) is 85.6 cm³/mol. The molecule has 3 N–H and O–H groups in total. The van der Waals surface area contributed by atoms with E-state index in [1.54, 1.807) is 24.3 Å². The van der Waals surface area contributed by atoms with Crippen molar-refractivity contribution in [2.75, 3.05) is 0 Å². The number of aromatic hydroxyl groups is 2. The zero-order valence-electron chi connectivity index (χ0n) is 12.3. The average Bonchev–Trinajstić information content (AvgIpc) is 2.54. The van der Waals surface area contributed by atoms with Crippen LogP contribution in [0, 0.1) is 0 Å². The van der Waals surface area contributed by atoms with Crippen LogP contribution >= 0.6 is 0 Å². The number of fused-ring (bicyclic) bond motifs is 1. The van der Waals surface area contributed by atoms with E-state index in [0.29, 0.717) is 0 Å². The molecule has 24 heavy (non-hydrogen) atoms. The molecule has 0 aromatic heterocycles. The van der Waals surface area contributed by atoms with Crippen molar-refractivity contribution in [2.45, 2.75) is 0 Å². The van der Waals surface area contributed by atoms with Crippen LogP contribution in [0.5, 0.6) is 17.2 Å². The Morgan fingerprint density at radius 1 is 0.792 bits per heavy atom. The van der Waals surface area contributed by atoms with E-state index in [4.69, 9.17) is 9.84 Å². The number of ether oxygens (including phenoxy) is 1. The number of carbonyl (C=O) groups excluding carboxylic acids is 1. The van der Waals surface area contributed by atoms with Crippen LogP contribution in [0.15, 0.2) is 54.6 Å². The number of phenols is 2. The monoisotopic (exact) mass is 324 g/mol. The second kappa shape index (κ2) is 5.92. The molecule has 0 radical (unpaired) electrons. The van der Waals surface area contributed by atoms with Gasteiger partial charge in [-0.25, -0.2) is 9.59 Å². The molecule has 0 aliphatic heterocycles. The Morgan fingerprint density at radius 3 is 2.17 bits per heavy atom. The Balaban J connectivity index is 1.94. The van der Waals surface area contributed by atoms with Gasteiger partial charge in [0.05, 0.1) is 5.56 Å². The lowest BCUT2D eigenvalue weighted by atomic mass is 10.1. The highest BCUT2D eigenvalue weighted by molar-refractivity contribution is 5.98. The number of hydrogen-bond donors (Lipinski definition) is 3. The van der Waals surface area contributed by atoms with Gasteiger partial charge in [-0.2, -0.15) is 0 Å². The minimum Gasteiger partial charge on any atom is -0.508 e. The molecule has 3 aromatic carbocycles. The molecule has 0 aliphatic carbocycles. The summed E-state index contributed by atoms with van der Waals surface area (Å²) in [7, 11) is 0. The van der Waals surface area contributed by atoms with Gasteiger partial charge in [0.1, 0.15) is 22.8 Å². The second-order valence-corrected chi connectivity index (χ2v) is 5.12. The zero-order chi connectivity index (χ0) is 17.3. The first-order valence-corrected chi connectivity index (χ1v) is 6.95. The summed E-state index contributed by atoms with van der Waals surface area (Å²) < 4.78 is 5.12. The molecular formula is C18H12O6. The van der Waals surface area contributed by atoms with Gasteiger partial charge in [-0.3, -0.25) is 0 Å². The Bertz CT molecular complexity index is 961. The van der Waals surface area contributed by atoms with Crippen molar-refractivity contribution in [3.8, 4) is 17.2 Å². The molecule has 120 valence electrons. The van der Waals surface area contributed by atoms with Gasteiger partial charge in [0, 0.05) is 6.07 Å². The second-order valence-electron chi connectivity index (χ2n) is 5.12. The topological polar surface area (TPSA) is 104 Å². The lowest BCUT2D eigenvalue weighted by Gasteiger charge is -2.09. The quantitative estimate of drug-likeness (QED) is 0.505. The maximum absolute atomic E-state index is 12.3. The fourth-order valence-corrected chi connectivity index (χ4v) is 2.29. The van der Waals surface area contributed by atoms with E-state index in [0.717, 1.165) is 22.9 Å². The fourth-order valence-electron chi connectivity index (χ4n) is 2.29. The van der Waals surface area contributed by atoms with Crippen LogP contribution < -0.4 is 4.74 Å². The molecule has 0 bridgehead atoms. The number of carboxylic acid groups (broad SMARTS) is 1. The summed E-state index contributed by atoms with van der Waals surface area (Å²) in [6, 6.07) is 12.9. The highest BCUT2D eigenvalue weighted by Crippen LogP contribution is 2.26. The lowest BCUT2D eigenvalue weighted by Crippen LogP contribution is -2.11. The van der Waals surface area contributed by atoms with Crippen LogP contribution in [-0.2, 0) is 0 Å². The highest BCUT2D eigenvalue weighted by atomic mass is 16.5. The minimum absolute atomic E-state index is 0.115. The van der Waals surface area contributed by atoms with Gasteiger partial charge >= 0.3 is 11.9 Å². The standard InChI is InChI=1S/C18H12O6/c19-13-4-3-10-7-12(2-1-11(10)8-13)18(23)24-16-9-14(20)5-6-15(16)17(21)22/h1-9,19-20H,(H,21,22). The maximum Gasteiger partial charge on any atom is 0.343 e. The summed E-state index contributed by atoms with van der Waals surface area (Å²) in [5.74, 6) is -2.36. The SMILES string of the molecule is O=C(Oc1cc(O)ccc1C(=O)O)c1ccc2cc(O)ccc2c1. The number of aromatic carboxylic acids is 1. The van der Waals surface area contributed by atoms with Gasteiger partial charge in [0.15, 0.2) is 0 Å². The van der Waals surface area contributed by atoms with Crippen molar-refractivity contribution < 1.29 is 29.6 Å². The Morgan fingerprint density at radius 2 is 1.42 bits per heavy atom. The van der Waals surface area contributed by atoms with E-state index >= 15 is 0 Å². The Kier molecular flexibility index (Phi) is 3.79. The number of hydrogen-bond acceptors (Lipinski definition) is 5. The van der Waals surface area contributed by atoms with E-state index in [1.807, 2.05) is 0 Å². The molecule has 0 saturated carbocycles. The summed E-state index contributed by atoms with van der Waals surface area (Å²) in [5, 5.41) is 29.5. The van der Waals surface area contributed by atoms with Crippen molar-refractivity contribution in [3.05, 3.63) is 65.7 Å². The van der Waals surface area contributed by atoms with Crippen LogP contribution in [0.1, 0.15) is 20.7 Å². The normalized spacial score (nSPS) is 10.5. The summed E-state index contributed by atoms with van der Waals surface area (Å²) >= 11 is 0. The summed E-state index contributed by atoms with van der Waals surface area (Å²) in [6.45, 7) is 0. The average molecular weight is 324 g/mol. The molecular weight excluding hydrogens is 312 g/mol. The molecule has 0 fully saturated rings. The van der Waals surface area contributed by atoms with E-state index in [9.17, 15) is 19.8 Å². The third-order valence-corrected chi connectivity index (χ3v) is 3.46. The third-order valence-electron chi connectivity index (χ3n) is 3.46. The van der Waals surface area contributed by atoms with Gasteiger partial charge in [0.2, 0.25) is 0 Å². The highest BCUT2D eigenvalue weighted by Gasteiger charge is 2.17. The predicted octanol–water partition coefficient (Wildman–Crippen LogP) is 3.17. The Hall–Kier alpha value is -3.54. The van der Waals surface area contributed by atoms with Crippen LogP contribution in [-0.4, -0.2) is 27.3 Å². The van der Waals surface area contributed by atoms with Crippen LogP contribution in [0.3, 0.4) is 0 Å². The zero-order valence-corrected chi connectivity index (χ0v) is 12.3. The molecule has 0 atom stereocenters. The molecule has 3 aromatic rings. The molecule has 0 amide bonds. The first kappa shape index (κ1) is 15.4. The molecule has 0 aliphatic rings. The number of esters is 1. The molecule has 0 spiro atoms. The van der Waals surface area contributed by atoms with Crippen LogP contribution in [0.2, 0.25) is 0 Å². The minimum atomic E-state index is -1.27. The van der Waals surface area contributed by atoms with E-state index in [1.165, 1.54) is 18.2 Å². The molecule has 6 heteroatoms. The van der Waals surface area contributed by atoms with Gasteiger partial charge in [-0.15, -0.1) is 0 Å². The summed E-state index contributed by atoms with van der Waals surface area (Å²) in [6.07, 6.45) is 0. The van der Waals surface area contributed by atoms with Crippen molar-refractivity contribution >= 4 is 22.7 Å². The third kappa shape index (κ3) is 2.98. The summed E-state index contributed by atoms with van der Waals surface area (Å²) in [4.78, 5) is 23.4. The largest absolute Gasteiger partial charge is 0.508 e. The van der Waals surface area contributed by atoms with Gasteiger partial charge in [-0.1, -0.05) is 12.1 Å². The number of phenolic OH excluding ortho intramolecular Hbond substituents is 2. The smallest absolute Gasteiger partial charge is 0.343 e. The number of rotatable bonds is 3. The van der Waals surface area contributed by atoms with Crippen LogP contribution in [0.4, 0.5) is 0 Å². The molecule has 0 heterocycles. The van der Waals surface area contributed by atoms with E-state index < -0.39 is 11.9 Å². The maximum atomic E-state index is 12.3. The van der Waals surface area contributed by atoms with Gasteiger partial charge in [0.25, 0.3) is 0 Å². The fraction of sp³-hybridized carbons (Fsp3) is 0. The van der Waals surface area contributed by atoms with E-state index in [-0.39, 0.29) is 28.4 Å². The van der Waals surface area contributed by atoms with Gasteiger partial charge < -0.3 is 20.1 Å². The first-order chi connectivity index (χ1) is 11.4. The molecule has 0 unspecified atom stereocenters. The number of carboxylic acids is 1. The van der Waals surface area contributed by atoms with Crippen LogP contribution in [0.25, 0.3) is 10.8 Å². The van der Waals surface area contributed by atoms with E-state index in [2.05, 4.69) is 0 Å². The van der Waals surface area contributed by atoms with Crippen molar-refractivity contribution in [1.29, 1.82) is 0 Å². The van der Waals surface area contributed by atoms with Gasteiger partial charge in [-0.05, 0) is 47.2 Å². The van der Waals surface area contributed by atoms with Crippen molar-refractivity contribution in [1.82, 2.24) is 0 Å². The lowest BCUT2D eigenvalue weighted by molar-refractivity contribution is 0.0681.